The van der Waals surface area contributed by atoms with E-state index < -0.39 is 0 Å². The number of hydrogen-bond donors (Lipinski definition) is 1. The molecule has 4 heterocycles. The van der Waals surface area contributed by atoms with Crippen molar-refractivity contribution < 1.29 is 27.3 Å². The van der Waals surface area contributed by atoms with Crippen LogP contribution in [0.2, 0.25) is 0 Å². The molecule has 58 heavy (non-hydrogen) atoms. The number of furan rings is 4. The zero-order chi connectivity index (χ0) is 39.3. The third kappa shape index (κ3) is 6.63. The van der Waals surface area contributed by atoms with Gasteiger partial charge in [-0.15, -0.1) is 0 Å². The Morgan fingerprint density at radius 1 is 0.483 bits per heavy atom. The van der Waals surface area contributed by atoms with Gasteiger partial charge >= 0.3 is 13.4 Å². The molecule has 12 rings (SSSR count). The number of benzene rings is 7. The summed E-state index contributed by atoms with van der Waals surface area (Å²) in [6.45, 7) is 0. The molecule has 0 bridgehead atoms. The van der Waals surface area contributed by atoms with Crippen LogP contribution in [0.3, 0.4) is 0 Å². The lowest BCUT2D eigenvalue weighted by atomic mass is 10.0. The van der Waals surface area contributed by atoms with Crippen LogP contribution in [0.4, 0.5) is 0 Å². The highest BCUT2D eigenvalue weighted by atomic mass is 79.9. The number of allylic oxidation sites excluding steroid dienone is 2. The molecule has 4 aromatic heterocycles. The zero-order valence-corrected chi connectivity index (χ0v) is 34.9. The Bertz CT molecular complexity index is 3390. The van der Waals surface area contributed by atoms with Crippen LogP contribution in [0.5, 0.6) is 5.75 Å². The van der Waals surface area contributed by atoms with Crippen LogP contribution in [0, 0.1) is 6.08 Å². The minimum absolute atomic E-state index is 0.639. The zero-order valence-electron chi connectivity index (χ0n) is 30.1. The van der Waals surface area contributed by atoms with Gasteiger partial charge < -0.3 is 27.3 Å². The van der Waals surface area contributed by atoms with Gasteiger partial charge in [-0.1, -0.05) is 86.5 Å². The summed E-state index contributed by atoms with van der Waals surface area (Å²) in [5.74, 6) is 1.40. The molecule has 1 N–H and O–H groups in total. The van der Waals surface area contributed by atoms with Gasteiger partial charge in [0.05, 0.1) is 28.7 Å². The average molecular weight is 949 g/mol. The summed E-state index contributed by atoms with van der Waals surface area (Å²) in [4.78, 5) is 0. The van der Waals surface area contributed by atoms with Crippen molar-refractivity contribution in [1.29, 1.82) is 0 Å². The smallest absolute Gasteiger partial charge is 0.537 e. The van der Waals surface area contributed by atoms with Gasteiger partial charge in [0.1, 0.15) is 49.6 Å². The van der Waals surface area contributed by atoms with Gasteiger partial charge in [0.15, 0.2) is 5.58 Å². The molecular weight excluding hydrogens is 923 g/mol. The largest absolute Gasteiger partial charge is 0.569 e. The van der Waals surface area contributed by atoms with Crippen molar-refractivity contribution in [1.82, 2.24) is 0 Å². The fourth-order valence-corrected chi connectivity index (χ4v) is 8.55. The molecule has 0 saturated carbocycles. The average Bonchev–Trinajstić information content (AvgIpc) is 4.01. The molecule has 11 aromatic rings. The van der Waals surface area contributed by atoms with Crippen LogP contribution < -0.4 is 4.65 Å². The maximum absolute atomic E-state index is 8.17. The third-order valence-electron chi connectivity index (χ3n) is 9.98. The predicted molar refractivity (Wildman–Crippen MR) is 244 cm³/mol. The van der Waals surface area contributed by atoms with Crippen molar-refractivity contribution in [3.8, 4) is 16.9 Å². The van der Waals surface area contributed by atoms with Gasteiger partial charge in [0.2, 0.25) is 0 Å². The molecule has 0 saturated heterocycles. The minimum atomic E-state index is 0.639. The van der Waals surface area contributed by atoms with Crippen LogP contribution in [0.15, 0.2) is 177 Å². The first-order valence-electron chi connectivity index (χ1n) is 18.2. The highest BCUT2D eigenvalue weighted by molar-refractivity contribution is 9.12. The van der Waals surface area contributed by atoms with Crippen molar-refractivity contribution in [3.63, 3.8) is 0 Å². The molecule has 10 heteroatoms. The van der Waals surface area contributed by atoms with Gasteiger partial charge in [-0.2, -0.15) is 0 Å². The van der Waals surface area contributed by atoms with E-state index in [0.717, 1.165) is 102 Å². The molecule has 0 spiro atoms. The second-order valence-electron chi connectivity index (χ2n) is 13.5. The molecule has 6 nitrogen and oxygen atoms in total. The van der Waals surface area contributed by atoms with Crippen molar-refractivity contribution in [2.45, 2.75) is 0 Å². The van der Waals surface area contributed by atoms with Gasteiger partial charge in [0, 0.05) is 51.8 Å². The summed E-state index contributed by atoms with van der Waals surface area (Å²) < 4.78 is 31.8. The normalized spacial score (nSPS) is 12.0. The van der Waals surface area contributed by atoms with Crippen molar-refractivity contribution >= 4 is 138 Å². The lowest BCUT2D eigenvalue weighted by Gasteiger charge is -2.01. The first-order valence-corrected chi connectivity index (χ1v) is 20.5. The Morgan fingerprint density at radius 2 is 0.966 bits per heavy atom. The summed E-state index contributed by atoms with van der Waals surface area (Å²) >= 11 is 10.6. The maximum Gasteiger partial charge on any atom is 0.569 e. The molecule has 0 amide bonds. The molecule has 1 aliphatic carbocycles. The van der Waals surface area contributed by atoms with E-state index in [4.69, 9.17) is 22.7 Å². The first kappa shape index (κ1) is 36.5. The van der Waals surface area contributed by atoms with E-state index in [1.807, 2.05) is 78.9 Å². The lowest BCUT2D eigenvalue weighted by molar-refractivity contribution is 0.454. The van der Waals surface area contributed by atoms with Crippen LogP contribution in [0.1, 0.15) is 11.3 Å². The molecule has 0 atom stereocenters. The molecule has 0 unspecified atom stereocenters. The first-order chi connectivity index (χ1) is 28.4. The quantitative estimate of drug-likeness (QED) is 0.140. The van der Waals surface area contributed by atoms with E-state index in [9.17, 15) is 0 Å². The Balaban J connectivity index is 0.000000118. The molecule has 1 aliphatic rings. The summed E-state index contributed by atoms with van der Waals surface area (Å²) in [5, 5.41) is 15.8. The van der Waals surface area contributed by atoms with E-state index in [1.165, 1.54) is 11.1 Å². The summed E-state index contributed by atoms with van der Waals surface area (Å²) in [6, 6.07) is 45.9. The van der Waals surface area contributed by atoms with Gasteiger partial charge in [-0.3, -0.25) is 0 Å². The molecule has 0 aliphatic heterocycles. The highest BCUT2D eigenvalue weighted by Gasteiger charge is 2.27. The van der Waals surface area contributed by atoms with E-state index in [2.05, 4.69) is 119 Å². The maximum atomic E-state index is 8.17. The fourth-order valence-electron chi connectivity index (χ4n) is 7.49. The minimum Gasteiger partial charge on any atom is -0.537 e. The van der Waals surface area contributed by atoms with Gasteiger partial charge in [0.25, 0.3) is 0 Å². The Hall–Kier alpha value is -5.87. The Labute approximate surface area is 356 Å². The van der Waals surface area contributed by atoms with Crippen molar-refractivity contribution in [3.05, 3.63) is 176 Å². The number of hydrogen-bond acceptors (Lipinski definition) is 6. The van der Waals surface area contributed by atoms with E-state index >= 15 is 0 Å². The van der Waals surface area contributed by atoms with E-state index in [0.29, 0.717) is 13.4 Å². The second kappa shape index (κ2) is 15.1. The lowest BCUT2D eigenvalue weighted by Crippen LogP contribution is -1.98. The SMILES string of the molecule is BrC1=Cc2c(oc3ccc4oc5ccc(Br)cc5c4c23)[C+]=C1.Brc1ccc2oc3ccc4oc5ccc(-c6ccccc6)cc5c4c3c2c1.O[B]Oc1ccccc1. The molecule has 7 aromatic carbocycles. The Kier molecular flexibility index (Phi) is 9.52. The van der Waals surface area contributed by atoms with Crippen LogP contribution in [0.25, 0.3) is 94.0 Å². The van der Waals surface area contributed by atoms with Crippen LogP contribution in [-0.2, 0) is 0 Å². The third-order valence-corrected chi connectivity index (χ3v) is 11.4. The highest BCUT2D eigenvalue weighted by Crippen LogP contribution is 2.43. The van der Waals surface area contributed by atoms with Crippen LogP contribution >= 0.6 is 47.8 Å². The molecule has 0 fully saturated rings. The van der Waals surface area contributed by atoms with Gasteiger partial charge in [-0.05, 0) is 96.1 Å². The fraction of sp³-hybridized carbons (Fsp3) is 0. The van der Waals surface area contributed by atoms with Gasteiger partial charge in [-0.25, -0.2) is 0 Å². The summed E-state index contributed by atoms with van der Waals surface area (Å²) in [7, 11) is 0.662. The van der Waals surface area contributed by atoms with Crippen LogP contribution in [-0.4, -0.2) is 12.7 Å². The number of fused-ring (bicyclic) bond motifs is 14. The topological polar surface area (TPSA) is 82.0 Å². The Morgan fingerprint density at radius 3 is 1.53 bits per heavy atom. The molecule has 1 radical (unpaired) electrons. The molecular formula is C48H26BBr3O6+. The van der Waals surface area contributed by atoms with Crippen molar-refractivity contribution in [2.24, 2.45) is 0 Å². The van der Waals surface area contributed by atoms with E-state index in [-0.39, 0.29) is 0 Å². The predicted octanol–water partition coefficient (Wildman–Crippen LogP) is 15.1. The number of para-hydroxylation sites is 1. The monoisotopic (exact) mass is 946 g/mol. The second-order valence-corrected chi connectivity index (χ2v) is 16.2. The molecule has 277 valence electrons. The number of halogens is 3. The number of rotatable bonds is 3. The summed E-state index contributed by atoms with van der Waals surface area (Å²) in [6.07, 6.45) is 7.10. The standard InChI is InChI=1S/C24H13BrO2.C18H7Br2O2.C6H6BO2/c25-16-7-9-20-18(13-16)24-22(27-20)11-10-21-23(24)17-12-15(6-8-19(17)26-21)14-4-2-1-3-5-14;19-9-1-3-13-11(7-9)17-15(21-13)5-6-16-18(17)12-8-10(20)2-4-14(12)22-16;8-7-9-6-4-2-1-3-5-6/h1-13H;1-3,5-8H;1-5,8H/q;+1;. The summed E-state index contributed by atoms with van der Waals surface area (Å²) in [5.41, 5.74) is 9.53. The van der Waals surface area contributed by atoms with E-state index in [1.54, 1.807) is 12.1 Å². The van der Waals surface area contributed by atoms with Crippen molar-refractivity contribution in [2.75, 3.05) is 0 Å².